The van der Waals surface area contributed by atoms with E-state index in [1.54, 1.807) is 0 Å². The van der Waals surface area contributed by atoms with Crippen molar-refractivity contribution in [3.8, 4) is 5.75 Å². The molecule has 16 heavy (non-hydrogen) atoms. The van der Waals surface area contributed by atoms with Gasteiger partial charge in [-0.2, -0.15) is 12.6 Å². The lowest BCUT2D eigenvalue weighted by atomic mass is 9.82. The maximum atomic E-state index is 5.60. The van der Waals surface area contributed by atoms with Crippen LogP contribution in [0.5, 0.6) is 5.75 Å². The fourth-order valence-corrected chi connectivity index (χ4v) is 1.59. The van der Waals surface area contributed by atoms with Gasteiger partial charge in [0, 0.05) is 0 Å². The molecule has 0 saturated carbocycles. The van der Waals surface area contributed by atoms with Crippen LogP contribution in [-0.2, 0) is 5.41 Å². The molecular weight excluding hydrogens is 216 g/mol. The van der Waals surface area contributed by atoms with Crippen molar-refractivity contribution in [3.05, 3.63) is 29.8 Å². The Labute approximate surface area is 105 Å². The molecule has 0 aliphatic carbocycles. The van der Waals surface area contributed by atoms with Crippen LogP contribution in [-0.4, -0.2) is 12.4 Å². The zero-order valence-corrected chi connectivity index (χ0v) is 11.4. The van der Waals surface area contributed by atoms with Gasteiger partial charge in [0.1, 0.15) is 5.75 Å². The van der Waals surface area contributed by atoms with E-state index in [1.807, 2.05) is 0 Å². The second-order valence-corrected chi connectivity index (χ2v) is 5.13. The largest absolute Gasteiger partial charge is 0.494 e. The summed E-state index contributed by atoms with van der Waals surface area (Å²) in [4.78, 5) is 0. The van der Waals surface area contributed by atoms with Crippen LogP contribution in [0.1, 0.15) is 39.2 Å². The molecule has 90 valence electrons. The van der Waals surface area contributed by atoms with Crippen molar-refractivity contribution in [2.75, 3.05) is 12.4 Å². The van der Waals surface area contributed by atoms with Crippen LogP contribution in [0.3, 0.4) is 0 Å². The lowest BCUT2D eigenvalue weighted by molar-refractivity contribution is 0.318. The number of hydrogen-bond acceptors (Lipinski definition) is 2. The van der Waals surface area contributed by atoms with Crippen molar-refractivity contribution in [1.82, 2.24) is 0 Å². The van der Waals surface area contributed by atoms with Crippen LogP contribution < -0.4 is 4.74 Å². The van der Waals surface area contributed by atoms with E-state index in [0.717, 1.165) is 31.0 Å². The van der Waals surface area contributed by atoms with E-state index in [0.29, 0.717) is 0 Å². The van der Waals surface area contributed by atoms with E-state index in [2.05, 4.69) is 57.7 Å². The van der Waals surface area contributed by atoms with Crippen LogP contribution in [0.25, 0.3) is 0 Å². The Bertz CT molecular complexity index is 303. The molecule has 0 radical (unpaired) electrons. The minimum atomic E-state index is 0.254. The number of ether oxygens (including phenoxy) is 1. The smallest absolute Gasteiger partial charge is 0.119 e. The molecule has 0 saturated heterocycles. The van der Waals surface area contributed by atoms with E-state index < -0.39 is 0 Å². The molecule has 0 amide bonds. The van der Waals surface area contributed by atoms with Gasteiger partial charge in [-0.15, -0.1) is 0 Å². The molecule has 0 aliphatic heterocycles. The van der Waals surface area contributed by atoms with Crippen LogP contribution in [0.2, 0.25) is 0 Å². The first-order chi connectivity index (χ1) is 7.60. The zero-order valence-electron chi connectivity index (χ0n) is 10.5. The molecule has 1 nitrogen and oxygen atoms in total. The molecule has 0 aliphatic rings. The summed E-state index contributed by atoms with van der Waals surface area (Å²) in [6.07, 6.45) is 2.14. The summed E-state index contributed by atoms with van der Waals surface area (Å²) in [6, 6.07) is 8.45. The Hall–Kier alpha value is -0.630. The first-order valence-corrected chi connectivity index (χ1v) is 6.57. The first-order valence-electron chi connectivity index (χ1n) is 5.94. The Balaban J connectivity index is 2.61. The third-order valence-electron chi connectivity index (χ3n) is 3.09. The van der Waals surface area contributed by atoms with E-state index in [4.69, 9.17) is 4.74 Å². The van der Waals surface area contributed by atoms with Crippen molar-refractivity contribution in [3.63, 3.8) is 0 Å². The van der Waals surface area contributed by atoms with E-state index in [1.165, 1.54) is 5.56 Å². The molecule has 1 rings (SSSR count). The Kier molecular flexibility index (Phi) is 5.20. The first kappa shape index (κ1) is 13.4. The summed E-state index contributed by atoms with van der Waals surface area (Å²) in [5.74, 6) is 1.83. The Morgan fingerprint density at radius 3 is 2.31 bits per heavy atom. The molecule has 1 aromatic rings. The van der Waals surface area contributed by atoms with Gasteiger partial charge in [-0.25, -0.2) is 0 Å². The van der Waals surface area contributed by atoms with Gasteiger partial charge in [-0.1, -0.05) is 32.9 Å². The van der Waals surface area contributed by atoms with Gasteiger partial charge in [-0.3, -0.25) is 0 Å². The predicted octanol–water partition coefficient (Wildman–Crippen LogP) is 4.07. The summed E-state index contributed by atoms with van der Waals surface area (Å²) in [7, 11) is 0. The summed E-state index contributed by atoms with van der Waals surface area (Å²) in [5.41, 5.74) is 1.63. The third-order valence-corrected chi connectivity index (χ3v) is 3.41. The molecule has 2 heteroatoms. The minimum Gasteiger partial charge on any atom is -0.494 e. The van der Waals surface area contributed by atoms with Crippen LogP contribution in [0.4, 0.5) is 0 Å². The lowest BCUT2D eigenvalue weighted by Gasteiger charge is -2.23. The van der Waals surface area contributed by atoms with E-state index in [-0.39, 0.29) is 5.41 Å². The highest BCUT2D eigenvalue weighted by Gasteiger charge is 2.17. The third kappa shape index (κ3) is 3.75. The zero-order chi connectivity index (χ0) is 12.0. The van der Waals surface area contributed by atoms with Gasteiger partial charge >= 0.3 is 0 Å². The predicted molar refractivity (Wildman–Crippen MR) is 73.7 cm³/mol. The molecule has 0 atom stereocenters. The highest BCUT2D eigenvalue weighted by Crippen LogP contribution is 2.27. The second-order valence-electron chi connectivity index (χ2n) is 4.69. The van der Waals surface area contributed by atoms with Crippen LogP contribution in [0, 0.1) is 0 Å². The minimum absolute atomic E-state index is 0.254. The van der Waals surface area contributed by atoms with E-state index >= 15 is 0 Å². The maximum Gasteiger partial charge on any atom is 0.119 e. The number of thiol groups is 1. The second kappa shape index (κ2) is 6.19. The van der Waals surface area contributed by atoms with E-state index in [9.17, 15) is 0 Å². The van der Waals surface area contributed by atoms with Crippen molar-refractivity contribution in [2.24, 2.45) is 0 Å². The van der Waals surface area contributed by atoms with Gasteiger partial charge < -0.3 is 4.74 Å². The number of rotatable bonds is 6. The van der Waals surface area contributed by atoms with Crippen LogP contribution in [0.15, 0.2) is 24.3 Å². The normalized spacial score (nSPS) is 11.5. The molecule has 0 fully saturated rings. The average molecular weight is 238 g/mol. The lowest BCUT2D eigenvalue weighted by Crippen LogP contribution is -2.15. The van der Waals surface area contributed by atoms with Gasteiger partial charge in [0.05, 0.1) is 6.61 Å². The number of benzene rings is 1. The SMILES string of the molecule is CCC(C)(C)c1ccc(OCCCS)cc1. The summed E-state index contributed by atoms with van der Waals surface area (Å²) < 4.78 is 5.60. The van der Waals surface area contributed by atoms with Crippen molar-refractivity contribution < 1.29 is 4.74 Å². The summed E-state index contributed by atoms with van der Waals surface area (Å²) in [5, 5.41) is 0. The maximum absolute atomic E-state index is 5.60. The average Bonchev–Trinajstić information content (AvgIpc) is 2.30. The molecule has 0 heterocycles. The van der Waals surface area contributed by atoms with Gasteiger partial charge in [0.15, 0.2) is 0 Å². The van der Waals surface area contributed by atoms with Gasteiger partial charge in [0.2, 0.25) is 0 Å². The highest BCUT2D eigenvalue weighted by molar-refractivity contribution is 7.80. The van der Waals surface area contributed by atoms with Gasteiger partial charge in [-0.05, 0) is 41.7 Å². The Morgan fingerprint density at radius 1 is 1.19 bits per heavy atom. The van der Waals surface area contributed by atoms with Crippen LogP contribution >= 0.6 is 12.6 Å². The summed E-state index contributed by atoms with van der Waals surface area (Å²) >= 11 is 4.15. The standard InChI is InChI=1S/C14H22OS/c1-4-14(2,3)12-6-8-13(9-7-12)15-10-5-11-16/h6-9,16H,4-5,10-11H2,1-3H3. The van der Waals surface area contributed by atoms with Crippen molar-refractivity contribution in [2.45, 2.75) is 39.0 Å². The highest BCUT2D eigenvalue weighted by atomic mass is 32.1. The fraction of sp³-hybridized carbons (Fsp3) is 0.571. The van der Waals surface area contributed by atoms with Crippen molar-refractivity contribution >= 4 is 12.6 Å². The van der Waals surface area contributed by atoms with Crippen molar-refractivity contribution in [1.29, 1.82) is 0 Å². The summed E-state index contributed by atoms with van der Waals surface area (Å²) in [6.45, 7) is 7.50. The fourth-order valence-electron chi connectivity index (χ4n) is 1.46. The topological polar surface area (TPSA) is 9.23 Å². The quantitative estimate of drug-likeness (QED) is 0.580. The monoisotopic (exact) mass is 238 g/mol. The van der Waals surface area contributed by atoms with Gasteiger partial charge in [0.25, 0.3) is 0 Å². The Morgan fingerprint density at radius 2 is 1.81 bits per heavy atom. The molecule has 0 N–H and O–H groups in total. The molecule has 1 aromatic carbocycles. The number of hydrogen-bond donors (Lipinski definition) is 1. The molecule has 0 unspecified atom stereocenters. The molecule has 0 spiro atoms. The molecule has 0 bridgehead atoms. The molecular formula is C14H22OS. The molecule has 0 aromatic heterocycles.